The second-order valence-corrected chi connectivity index (χ2v) is 12.5. The van der Waals surface area contributed by atoms with Crippen molar-refractivity contribution in [1.82, 2.24) is 14.8 Å². The molecule has 0 saturated carbocycles. The highest BCUT2D eigenvalue weighted by molar-refractivity contribution is 7.18. The van der Waals surface area contributed by atoms with Gasteiger partial charge in [0, 0.05) is 20.7 Å². The van der Waals surface area contributed by atoms with Crippen molar-refractivity contribution in [2.24, 2.45) is 0 Å². The largest absolute Gasteiger partial charge is 0.359 e. The first-order valence-electron chi connectivity index (χ1n) is 6.57. The average Bonchev–Trinajstić information content (AvgIpc) is 3.01. The van der Waals surface area contributed by atoms with Crippen LogP contribution < -0.4 is 0 Å². The molecule has 0 N–H and O–H groups in total. The summed E-state index contributed by atoms with van der Waals surface area (Å²) in [4.78, 5) is 15.2. The molecule has 0 fully saturated rings. The molecule has 9 heteroatoms. The average molecular weight is 326 g/mol. The summed E-state index contributed by atoms with van der Waals surface area (Å²) in [6, 6.07) is 4.25. The van der Waals surface area contributed by atoms with Gasteiger partial charge in [0.25, 0.3) is 0 Å². The van der Waals surface area contributed by atoms with Gasteiger partial charge < -0.3 is 4.74 Å². The summed E-state index contributed by atoms with van der Waals surface area (Å²) in [5, 5.41) is 14.9. The number of ether oxygens (including phenoxy) is 1. The number of aromatic nitrogens is 3. The van der Waals surface area contributed by atoms with Gasteiger partial charge in [0.05, 0.1) is 9.80 Å². The van der Waals surface area contributed by atoms with E-state index in [0.717, 1.165) is 17.4 Å². The summed E-state index contributed by atoms with van der Waals surface area (Å²) in [5.41, 5.74) is 0. The van der Waals surface area contributed by atoms with Gasteiger partial charge in [0.1, 0.15) is 13.1 Å². The third-order valence-corrected chi connectivity index (χ3v) is 5.55. The lowest BCUT2D eigenvalue weighted by Gasteiger charge is -2.15. The van der Waals surface area contributed by atoms with Crippen LogP contribution in [-0.2, 0) is 11.5 Å². The molecule has 21 heavy (non-hydrogen) atoms. The summed E-state index contributed by atoms with van der Waals surface area (Å²) in [7, 11) is -1.11. The molecule has 7 nitrogen and oxygen atoms in total. The molecule has 2 aromatic heterocycles. The Bertz CT molecular complexity index is 620. The van der Waals surface area contributed by atoms with Crippen LogP contribution in [0.4, 0.5) is 5.00 Å². The van der Waals surface area contributed by atoms with E-state index in [1.807, 2.05) is 0 Å². The van der Waals surface area contributed by atoms with E-state index in [2.05, 4.69) is 29.7 Å². The van der Waals surface area contributed by atoms with E-state index >= 15 is 0 Å². The molecule has 0 spiro atoms. The lowest BCUT2D eigenvalue weighted by Crippen LogP contribution is -2.22. The van der Waals surface area contributed by atoms with Crippen molar-refractivity contribution >= 4 is 24.4 Å². The monoisotopic (exact) mass is 326 g/mol. The number of nitrogens with zero attached hydrogens (tertiary/aromatic N) is 4. The maximum Gasteiger partial charge on any atom is 0.324 e. The van der Waals surface area contributed by atoms with Crippen LogP contribution in [0.15, 0.2) is 18.5 Å². The van der Waals surface area contributed by atoms with Crippen molar-refractivity contribution < 1.29 is 9.66 Å². The Balaban J connectivity index is 1.99. The molecule has 0 atom stereocenters. The second-order valence-electron chi connectivity index (χ2n) is 5.83. The summed E-state index contributed by atoms with van der Waals surface area (Å²) in [6.45, 7) is 7.89. The standard InChI is InChI=1S/C12H18N4O3SSi/c1-21(2,3)7-6-19-9-15-12(13-8-14-15)10-4-5-11(20-10)16(17)18/h4-5,8H,6-7,9H2,1-3H3. The smallest absolute Gasteiger partial charge is 0.324 e. The van der Waals surface area contributed by atoms with Crippen molar-refractivity contribution in [1.29, 1.82) is 0 Å². The maximum absolute atomic E-state index is 10.7. The van der Waals surface area contributed by atoms with Crippen LogP contribution in [0.25, 0.3) is 10.7 Å². The highest BCUT2D eigenvalue weighted by Crippen LogP contribution is 2.31. The van der Waals surface area contributed by atoms with Gasteiger partial charge in [0.15, 0.2) is 5.82 Å². The Labute approximate surface area is 127 Å². The van der Waals surface area contributed by atoms with Crippen molar-refractivity contribution in [3.63, 3.8) is 0 Å². The van der Waals surface area contributed by atoms with E-state index in [0.29, 0.717) is 24.0 Å². The molecule has 0 bridgehead atoms. The van der Waals surface area contributed by atoms with Crippen molar-refractivity contribution in [2.75, 3.05) is 6.61 Å². The Morgan fingerprint density at radius 1 is 1.43 bits per heavy atom. The van der Waals surface area contributed by atoms with Crippen molar-refractivity contribution in [3.05, 3.63) is 28.6 Å². The predicted octanol–water partition coefficient (Wildman–Crippen LogP) is 3.23. The van der Waals surface area contributed by atoms with E-state index in [1.54, 1.807) is 10.7 Å². The minimum absolute atomic E-state index is 0.0965. The van der Waals surface area contributed by atoms with Gasteiger partial charge in [-0.1, -0.05) is 31.0 Å². The van der Waals surface area contributed by atoms with Gasteiger partial charge in [-0.2, -0.15) is 5.10 Å². The topological polar surface area (TPSA) is 83.1 Å². The Morgan fingerprint density at radius 2 is 2.19 bits per heavy atom. The minimum Gasteiger partial charge on any atom is -0.359 e. The molecule has 2 aromatic rings. The fraction of sp³-hybridized carbons (Fsp3) is 0.500. The summed E-state index contributed by atoms with van der Waals surface area (Å²) in [5.74, 6) is 0.598. The fourth-order valence-electron chi connectivity index (χ4n) is 1.62. The summed E-state index contributed by atoms with van der Waals surface area (Å²) < 4.78 is 7.26. The van der Waals surface area contributed by atoms with Crippen molar-refractivity contribution in [3.8, 4) is 10.7 Å². The molecule has 0 aromatic carbocycles. The molecule has 2 rings (SSSR count). The van der Waals surface area contributed by atoms with Crippen LogP contribution in [0.1, 0.15) is 0 Å². The normalized spacial score (nSPS) is 11.8. The SMILES string of the molecule is C[Si](C)(C)CCOCn1ncnc1-c1ccc([N+](=O)[O-])s1. The number of hydrogen-bond acceptors (Lipinski definition) is 6. The summed E-state index contributed by atoms with van der Waals surface area (Å²) in [6.07, 6.45) is 1.43. The van der Waals surface area contributed by atoms with Gasteiger partial charge in [-0.15, -0.1) is 0 Å². The van der Waals surface area contributed by atoms with Gasteiger partial charge in [0.2, 0.25) is 0 Å². The zero-order chi connectivity index (χ0) is 15.5. The number of rotatable bonds is 7. The molecule has 0 saturated heterocycles. The van der Waals surface area contributed by atoms with Crippen LogP contribution in [-0.4, -0.2) is 34.4 Å². The molecule has 0 unspecified atom stereocenters. The molecular weight excluding hydrogens is 308 g/mol. The highest BCUT2D eigenvalue weighted by Gasteiger charge is 2.16. The van der Waals surface area contributed by atoms with Gasteiger partial charge >= 0.3 is 5.00 Å². The highest BCUT2D eigenvalue weighted by atomic mass is 32.1. The molecule has 2 heterocycles. The number of nitro groups is 1. The van der Waals surface area contributed by atoms with Crippen LogP contribution in [0.5, 0.6) is 0 Å². The van der Waals surface area contributed by atoms with Crippen LogP contribution in [0.2, 0.25) is 25.7 Å². The van der Waals surface area contributed by atoms with E-state index in [4.69, 9.17) is 4.74 Å². The Kier molecular flexibility index (Phi) is 4.86. The van der Waals surface area contributed by atoms with Gasteiger partial charge in [-0.3, -0.25) is 10.1 Å². The first-order chi connectivity index (χ1) is 9.87. The molecule has 114 valence electrons. The molecule has 0 aliphatic rings. The van der Waals surface area contributed by atoms with E-state index in [1.165, 1.54) is 12.4 Å². The van der Waals surface area contributed by atoms with E-state index < -0.39 is 13.0 Å². The Hall–Kier alpha value is -1.58. The maximum atomic E-state index is 10.7. The summed E-state index contributed by atoms with van der Waals surface area (Å²) >= 11 is 1.09. The first-order valence-corrected chi connectivity index (χ1v) is 11.1. The van der Waals surface area contributed by atoms with E-state index in [9.17, 15) is 10.1 Å². The minimum atomic E-state index is -1.11. The zero-order valence-corrected chi connectivity index (χ0v) is 14.1. The quantitative estimate of drug-likeness (QED) is 0.337. The van der Waals surface area contributed by atoms with E-state index in [-0.39, 0.29) is 5.00 Å². The van der Waals surface area contributed by atoms with Crippen LogP contribution in [0, 0.1) is 10.1 Å². The molecule has 0 amide bonds. The molecule has 0 radical (unpaired) electrons. The second kappa shape index (κ2) is 6.46. The van der Waals surface area contributed by atoms with Gasteiger partial charge in [-0.05, 0) is 12.1 Å². The third kappa shape index (κ3) is 4.44. The molecular formula is C12H18N4O3SSi. The van der Waals surface area contributed by atoms with Crippen molar-refractivity contribution in [2.45, 2.75) is 32.4 Å². The zero-order valence-electron chi connectivity index (χ0n) is 12.3. The van der Waals surface area contributed by atoms with Gasteiger partial charge in [-0.25, -0.2) is 9.67 Å². The van der Waals surface area contributed by atoms with Crippen LogP contribution in [0.3, 0.4) is 0 Å². The predicted molar refractivity (Wildman–Crippen MR) is 84.1 cm³/mol. The lowest BCUT2D eigenvalue weighted by atomic mass is 10.4. The third-order valence-electron chi connectivity index (χ3n) is 2.82. The number of hydrogen-bond donors (Lipinski definition) is 0. The molecule has 0 aliphatic heterocycles. The molecule has 0 aliphatic carbocycles. The first kappa shape index (κ1) is 15.8. The Morgan fingerprint density at radius 3 is 2.81 bits per heavy atom. The number of thiophene rings is 1. The van der Waals surface area contributed by atoms with Crippen LogP contribution >= 0.6 is 11.3 Å². The fourth-order valence-corrected chi connectivity index (χ4v) is 3.20. The lowest BCUT2D eigenvalue weighted by molar-refractivity contribution is -0.380.